The van der Waals surface area contributed by atoms with Gasteiger partial charge in [0.05, 0.1) is 0 Å². The van der Waals surface area contributed by atoms with Crippen molar-refractivity contribution in [3.63, 3.8) is 0 Å². The maximum absolute atomic E-state index is 11.7. The molecule has 0 saturated carbocycles. The quantitative estimate of drug-likeness (QED) is 0.780. The number of anilines is 1. The Labute approximate surface area is 93.9 Å². The Hall–Kier alpha value is -1.59. The van der Waals surface area contributed by atoms with E-state index in [2.05, 4.69) is 24.3 Å². The summed E-state index contributed by atoms with van der Waals surface area (Å²) in [5.74, 6) is 0.689. The van der Waals surface area contributed by atoms with Crippen LogP contribution in [0.25, 0.3) is 0 Å². The van der Waals surface area contributed by atoms with Crippen LogP contribution in [0, 0.1) is 5.92 Å². The standard InChI is InChI=1S/C10H18N4O2/c1-5-7(2)6-11-8-9(15)13(3)10(16)14(4)12-8/h7H,5-6H2,1-4H3,(H,11,12). The molecule has 6 heteroatoms. The summed E-state index contributed by atoms with van der Waals surface area (Å²) in [6, 6.07) is 0. The first kappa shape index (κ1) is 12.5. The number of rotatable bonds is 4. The highest BCUT2D eigenvalue weighted by Crippen LogP contribution is 2.00. The molecule has 6 nitrogen and oxygen atoms in total. The molecular formula is C10H18N4O2. The van der Waals surface area contributed by atoms with Crippen LogP contribution in [0.3, 0.4) is 0 Å². The molecule has 0 aromatic carbocycles. The minimum atomic E-state index is -0.418. The van der Waals surface area contributed by atoms with Crippen molar-refractivity contribution < 1.29 is 0 Å². The highest BCUT2D eigenvalue weighted by molar-refractivity contribution is 5.29. The largest absolute Gasteiger partial charge is 0.364 e. The first-order valence-electron chi connectivity index (χ1n) is 5.35. The normalized spacial score (nSPS) is 12.5. The zero-order chi connectivity index (χ0) is 12.3. The van der Waals surface area contributed by atoms with E-state index in [1.54, 1.807) is 0 Å². The highest BCUT2D eigenvalue weighted by atomic mass is 16.2. The van der Waals surface area contributed by atoms with Crippen LogP contribution in [0.15, 0.2) is 9.59 Å². The average molecular weight is 226 g/mol. The Balaban J connectivity index is 2.98. The zero-order valence-electron chi connectivity index (χ0n) is 10.1. The predicted molar refractivity (Wildman–Crippen MR) is 62.7 cm³/mol. The van der Waals surface area contributed by atoms with E-state index in [0.717, 1.165) is 15.7 Å². The van der Waals surface area contributed by atoms with E-state index in [9.17, 15) is 9.59 Å². The molecule has 0 bridgehead atoms. The number of nitrogens with one attached hydrogen (secondary N) is 1. The van der Waals surface area contributed by atoms with Gasteiger partial charge in [0, 0.05) is 20.6 Å². The first-order valence-corrected chi connectivity index (χ1v) is 5.35. The van der Waals surface area contributed by atoms with Crippen molar-refractivity contribution in [1.82, 2.24) is 14.3 Å². The van der Waals surface area contributed by atoms with Crippen LogP contribution in [0.2, 0.25) is 0 Å². The second-order valence-electron chi connectivity index (χ2n) is 4.01. The van der Waals surface area contributed by atoms with Crippen molar-refractivity contribution in [3.8, 4) is 0 Å². The van der Waals surface area contributed by atoms with Crippen molar-refractivity contribution >= 4 is 5.82 Å². The summed E-state index contributed by atoms with van der Waals surface area (Å²) in [4.78, 5) is 23.0. The van der Waals surface area contributed by atoms with Crippen LogP contribution in [-0.2, 0) is 14.1 Å². The fraction of sp³-hybridized carbons (Fsp3) is 0.700. The molecular weight excluding hydrogens is 208 g/mol. The number of aryl methyl sites for hydroxylation is 1. The Kier molecular flexibility index (Phi) is 3.87. The highest BCUT2D eigenvalue weighted by Gasteiger charge is 2.08. The van der Waals surface area contributed by atoms with E-state index in [-0.39, 0.29) is 11.4 Å². The number of nitrogens with zero attached hydrogens (tertiary/aromatic N) is 3. The maximum atomic E-state index is 11.7. The average Bonchev–Trinajstić information content (AvgIpc) is 2.28. The Bertz CT molecular complexity index is 475. The molecule has 1 heterocycles. The van der Waals surface area contributed by atoms with E-state index < -0.39 is 5.69 Å². The topological polar surface area (TPSA) is 68.9 Å². The molecule has 1 aromatic heterocycles. The van der Waals surface area contributed by atoms with Crippen LogP contribution in [0.4, 0.5) is 5.82 Å². The van der Waals surface area contributed by atoms with Gasteiger partial charge in [-0.05, 0) is 5.92 Å². The van der Waals surface area contributed by atoms with Gasteiger partial charge in [-0.15, -0.1) is 5.10 Å². The maximum Gasteiger partial charge on any atom is 0.346 e. The second-order valence-corrected chi connectivity index (χ2v) is 4.01. The van der Waals surface area contributed by atoms with Gasteiger partial charge in [-0.2, -0.15) is 0 Å². The Morgan fingerprint density at radius 3 is 2.56 bits per heavy atom. The molecule has 0 spiro atoms. The van der Waals surface area contributed by atoms with Gasteiger partial charge in [0.2, 0.25) is 5.82 Å². The van der Waals surface area contributed by atoms with Gasteiger partial charge in [-0.3, -0.25) is 9.36 Å². The number of hydrogen-bond donors (Lipinski definition) is 1. The lowest BCUT2D eigenvalue weighted by molar-refractivity contribution is 0.575. The summed E-state index contributed by atoms with van der Waals surface area (Å²) in [6.07, 6.45) is 1.03. The number of hydrogen-bond acceptors (Lipinski definition) is 4. The minimum absolute atomic E-state index is 0.227. The smallest absolute Gasteiger partial charge is 0.346 e. The third-order valence-corrected chi connectivity index (χ3v) is 2.64. The van der Waals surface area contributed by atoms with Gasteiger partial charge < -0.3 is 5.32 Å². The summed E-state index contributed by atoms with van der Waals surface area (Å²) in [6.45, 7) is 4.84. The van der Waals surface area contributed by atoms with E-state index >= 15 is 0 Å². The summed E-state index contributed by atoms with van der Waals surface area (Å²) < 4.78 is 2.20. The molecule has 0 aliphatic heterocycles. The van der Waals surface area contributed by atoms with Crippen molar-refractivity contribution in [2.75, 3.05) is 11.9 Å². The fourth-order valence-corrected chi connectivity index (χ4v) is 1.22. The summed E-state index contributed by atoms with van der Waals surface area (Å²) in [7, 11) is 2.97. The van der Waals surface area contributed by atoms with Crippen molar-refractivity contribution in [2.24, 2.45) is 20.0 Å². The van der Waals surface area contributed by atoms with Crippen LogP contribution in [-0.4, -0.2) is 20.9 Å². The fourth-order valence-electron chi connectivity index (χ4n) is 1.22. The molecule has 1 rings (SSSR count). The van der Waals surface area contributed by atoms with Gasteiger partial charge in [0.15, 0.2) is 0 Å². The molecule has 1 aromatic rings. The molecule has 16 heavy (non-hydrogen) atoms. The molecule has 90 valence electrons. The van der Waals surface area contributed by atoms with Crippen molar-refractivity contribution in [1.29, 1.82) is 0 Å². The van der Waals surface area contributed by atoms with Crippen LogP contribution in [0.1, 0.15) is 20.3 Å². The molecule has 1 N–H and O–H groups in total. The minimum Gasteiger partial charge on any atom is -0.364 e. The summed E-state index contributed by atoms with van der Waals surface area (Å²) in [5.41, 5.74) is -0.800. The van der Waals surface area contributed by atoms with E-state index in [0.29, 0.717) is 12.5 Å². The molecule has 0 fully saturated rings. The van der Waals surface area contributed by atoms with Crippen LogP contribution < -0.4 is 16.6 Å². The lowest BCUT2D eigenvalue weighted by Gasteiger charge is -2.11. The SMILES string of the molecule is CCC(C)CNc1nn(C)c(=O)n(C)c1=O. The Morgan fingerprint density at radius 1 is 1.38 bits per heavy atom. The van der Waals surface area contributed by atoms with Crippen molar-refractivity contribution in [2.45, 2.75) is 20.3 Å². The van der Waals surface area contributed by atoms with Crippen molar-refractivity contribution in [3.05, 3.63) is 20.8 Å². The van der Waals surface area contributed by atoms with E-state index in [1.807, 2.05) is 0 Å². The monoisotopic (exact) mass is 226 g/mol. The summed E-state index contributed by atoms with van der Waals surface area (Å²) >= 11 is 0. The van der Waals surface area contributed by atoms with E-state index in [4.69, 9.17) is 0 Å². The molecule has 0 aliphatic rings. The van der Waals surface area contributed by atoms with Crippen LogP contribution >= 0.6 is 0 Å². The Morgan fingerprint density at radius 2 is 2.00 bits per heavy atom. The first-order chi connectivity index (χ1) is 7.47. The van der Waals surface area contributed by atoms with Gasteiger partial charge >= 0.3 is 5.69 Å². The van der Waals surface area contributed by atoms with E-state index in [1.165, 1.54) is 14.1 Å². The van der Waals surface area contributed by atoms with Gasteiger partial charge in [0.1, 0.15) is 0 Å². The third-order valence-electron chi connectivity index (χ3n) is 2.64. The zero-order valence-corrected chi connectivity index (χ0v) is 10.1. The molecule has 1 unspecified atom stereocenters. The molecule has 0 saturated heterocycles. The molecule has 1 atom stereocenters. The lowest BCUT2D eigenvalue weighted by Crippen LogP contribution is -2.40. The molecule has 0 amide bonds. The lowest BCUT2D eigenvalue weighted by atomic mass is 10.1. The molecule has 0 aliphatic carbocycles. The third kappa shape index (κ3) is 2.50. The van der Waals surface area contributed by atoms with Gasteiger partial charge in [-0.25, -0.2) is 9.48 Å². The predicted octanol–water partition coefficient (Wildman–Crippen LogP) is -0.0630. The molecule has 0 radical (unpaired) electrons. The second kappa shape index (κ2) is 4.96. The van der Waals surface area contributed by atoms with Crippen LogP contribution in [0.5, 0.6) is 0 Å². The number of aromatic nitrogens is 3. The van der Waals surface area contributed by atoms with Gasteiger partial charge in [0.25, 0.3) is 5.56 Å². The summed E-state index contributed by atoms with van der Waals surface area (Å²) in [5, 5.41) is 6.87. The van der Waals surface area contributed by atoms with Gasteiger partial charge in [-0.1, -0.05) is 20.3 Å².